The van der Waals surface area contributed by atoms with E-state index in [9.17, 15) is 33.2 Å². The molecule has 4 fully saturated rings. The van der Waals surface area contributed by atoms with E-state index in [4.69, 9.17) is 30.2 Å². The van der Waals surface area contributed by atoms with Crippen LogP contribution in [-0.2, 0) is 48.1 Å². The normalized spacial score (nSPS) is 18.0. The van der Waals surface area contributed by atoms with E-state index in [1.54, 1.807) is 28.6 Å². The molecule has 19 rings (SSSR count). The van der Waals surface area contributed by atoms with Gasteiger partial charge in [0.2, 0.25) is 11.8 Å². The molecule has 0 saturated carbocycles. The predicted octanol–water partition coefficient (Wildman–Crippen LogP) is 17.2. The number of fused-ring (bicyclic) bond motifs is 7. The van der Waals surface area contributed by atoms with Crippen molar-refractivity contribution in [3.8, 4) is 45.0 Å². The van der Waals surface area contributed by atoms with Gasteiger partial charge in [-0.25, -0.2) is 42.4 Å². The van der Waals surface area contributed by atoms with Gasteiger partial charge in [-0.2, -0.15) is 20.4 Å². The van der Waals surface area contributed by atoms with E-state index in [0.717, 1.165) is 211 Å². The molecule has 0 aliphatic carbocycles. The van der Waals surface area contributed by atoms with Gasteiger partial charge in [0.25, 0.3) is 23.6 Å². The Labute approximate surface area is 722 Å². The molecule has 2 N–H and O–H groups in total. The van der Waals surface area contributed by atoms with Crippen molar-refractivity contribution in [1.82, 2.24) is 83.0 Å². The van der Waals surface area contributed by atoms with Gasteiger partial charge in [-0.1, -0.05) is 97.3 Å². The number of anilines is 3. The number of hydrogen-bond acceptors (Lipinski definition) is 15. The summed E-state index contributed by atoms with van der Waals surface area (Å²) in [6.07, 6.45) is 23.5. The van der Waals surface area contributed by atoms with Crippen LogP contribution >= 0.6 is 0 Å². The second-order valence-corrected chi connectivity index (χ2v) is 34.3. The summed E-state index contributed by atoms with van der Waals surface area (Å²) in [6, 6.07) is 41.4. The Kier molecular flexibility index (Phi) is 25.3. The molecule has 0 bridgehead atoms. The summed E-state index contributed by atoms with van der Waals surface area (Å²) in [5.74, 6) is -0.179. The van der Waals surface area contributed by atoms with E-state index in [1.807, 2.05) is 150 Å². The molecule has 6 aliphatic heterocycles. The van der Waals surface area contributed by atoms with Crippen LogP contribution in [0.5, 0.6) is 0 Å². The third-order valence-electron chi connectivity index (χ3n) is 25.7. The van der Waals surface area contributed by atoms with Crippen molar-refractivity contribution < 1.29 is 33.2 Å². The van der Waals surface area contributed by atoms with Gasteiger partial charge in [0, 0.05) is 175 Å². The number of nitrogens with one attached hydrogen (secondary N) is 2. The van der Waals surface area contributed by atoms with Gasteiger partial charge in [0.1, 0.15) is 28.6 Å². The van der Waals surface area contributed by atoms with Crippen molar-refractivity contribution in [3.05, 3.63) is 196 Å². The highest BCUT2D eigenvalue weighted by Crippen LogP contribution is 2.36. The molecule has 6 aliphatic rings. The number of carbonyl (C=O) groups excluding carboxylic acids is 6. The number of amides is 6. The quantitative estimate of drug-likeness (QED) is 0.109. The number of halogens is 1. The molecule has 4 saturated heterocycles. The van der Waals surface area contributed by atoms with Gasteiger partial charge >= 0.3 is 0 Å². The van der Waals surface area contributed by atoms with Crippen LogP contribution in [-0.4, -0.2) is 190 Å². The van der Waals surface area contributed by atoms with Crippen molar-refractivity contribution in [3.63, 3.8) is 0 Å². The smallest absolute Gasteiger partial charge is 0.272 e. The van der Waals surface area contributed by atoms with Gasteiger partial charge < -0.3 is 39.7 Å². The number of aryl methyl sites for hydroxylation is 4. The highest BCUT2D eigenvalue weighted by Gasteiger charge is 2.33. The molecule has 15 heterocycles. The second kappa shape index (κ2) is 36.9. The van der Waals surface area contributed by atoms with Crippen LogP contribution in [0, 0.1) is 5.82 Å². The average molecular weight is 1670 g/mol. The largest absolute Gasteiger partial charge is 0.378 e. The number of H-pyrrole nitrogens is 1. The van der Waals surface area contributed by atoms with Crippen LogP contribution in [0.2, 0.25) is 0 Å². The summed E-state index contributed by atoms with van der Waals surface area (Å²) in [7, 11) is 5.56. The number of likely N-dealkylation sites (N-methyl/N-ethyl adjacent to an activating group) is 1. The molecule has 6 amide bonds. The predicted molar refractivity (Wildman–Crippen MR) is 483 cm³/mol. The third-order valence-corrected chi connectivity index (χ3v) is 25.7. The molecule has 27 heteroatoms. The SMILES string of the molecule is CCc1cc(C(=O)N2CCCCCC2C)nc2cc(-c3ccc(N(C)C)cc3F)nn12.CCc1cc(C(=O)N2CCCCCC2C)nc2cc(-c3ccc4[nH]ccc4c3)nn12.CCc1cc(C(=O)N2CCCCCC2C)nc2cc(-c3ccc4c(c3)CC(=O)N4)nn12.CCc1cc(C(=O)N2CCCCCC2C)nc2cc(-c3ccc4c(c3)CC(=O)N4C)nn12. The number of benzene rings is 4. The molecular weight excluding hydrogens is 1560 g/mol. The van der Waals surface area contributed by atoms with Crippen LogP contribution in [0.25, 0.3) is 78.5 Å². The molecule has 9 aromatic heterocycles. The Morgan fingerprint density at radius 2 is 0.815 bits per heavy atom. The number of hydrogen-bond donors (Lipinski definition) is 2. The van der Waals surface area contributed by atoms with Crippen molar-refractivity contribution >= 4 is 86.0 Å². The summed E-state index contributed by atoms with van der Waals surface area (Å²) in [5, 5.41) is 23.0. The molecular formula is C97H113FN20O6. The highest BCUT2D eigenvalue weighted by molar-refractivity contribution is 6.02. The summed E-state index contributed by atoms with van der Waals surface area (Å²) < 4.78 is 22.0. The first kappa shape index (κ1) is 85.0. The van der Waals surface area contributed by atoms with Crippen molar-refractivity contribution in [2.24, 2.45) is 0 Å². The van der Waals surface area contributed by atoms with Gasteiger partial charge in [-0.05, 0) is 201 Å². The standard InChI is InChI=1S/C25H29N5O2.C24H30FN5O.C24H27N5O2.C24H27N5O/c1-4-19-14-21(25(32)29-11-7-5-6-8-16(29)2)26-23-15-20(27-30(19)23)17-9-10-22-18(12-17)13-24(31)28(22)3;1-5-17-14-22(24(31)29-12-8-6-7-9-16(29)2)26-23-15-21(27-30(17)23)19-11-10-18(28(3)4)13-20(19)25;1-3-18-13-21(24(31)28-10-6-4-5-7-15(28)2)25-22-14-20(27-29(18)22)16-8-9-19-17(11-16)12-23(30)26-19;1-3-19-14-22(24(30)28-12-6-4-5-7-16(28)2)26-23-15-21(27-29(19)23)17-8-9-20-18(13-17)10-11-25-20/h9-10,12,14-16H,4-8,11,13H2,1-3H3;10-11,13-16H,5-9,12H2,1-4H3;8-9,11,13-15H,3-7,10,12H2,1-2H3,(H,26,30);8-11,13-16,25H,3-7,12H2,1-2H3. The minimum absolute atomic E-state index is 0.0106. The fourth-order valence-electron chi connectivity index (χ4n) is 18.3. The maximum atomic E-state index is 14.8. The number of likely N-dealkylation sites (tertiary alicyclic amines) is 4. The number of aromatic amines is 1. The zero-order valence-electron chi connectivity index (χ0n) is 73.3. The second-order valence-electron chi connectivity index (χ2n) is 34.3. The summed E-state index contributed by atoms with van der Waals surface area (Å²) >= 11 is 0. The third kappa shape index (κ3) is 17.7. The van der Waals surface area contributed by atoms with E-state index < -0.39 is 0 Å². The molecule has 13 aromatic rings. The Morgan fingerprint density at radius 3 is 1.23 bits per heavy atom. The summed E-state index contributed by atoms with van der Waals surface area (Å²) in [6.45, 7) is 19.9. The monoisotopic (exact) mass is 1670 g/mol. The Balaban J connectivity index is 0.000000122. The maximum Gasteiger partial charge on any atom is 0.272 e. The highest BCUT2D eigenvalue weighted by atomic mass is 19.1. The topological polar surface area (TPSA) is 270 Å². The van der Waals surface area contributed by atoms with Gasteiger partial charge in [0.05, 0.1) is 35.6 Å². The lowest BCUT2D eigenvalue weighted by atomic mass is 10.1. The molecule has 26 nitrogen and oxygen atoms in total. The maximum absolute atomic E-state index is 14.8. The molecule has 124 heavy (non-hydrogen) atoms. The minimum atomic E-state index is -0.331. The van der Waals surface area contributed by atoms with E-state index >= 15 is 0 Å². The minimum Gasteiger partial charge on any atom is -0.378 e. The molecule has 4 aromatic carbocycles. The molecule has 4 unspecified atom stereocenters. The molecule has 644 valence electrons. The van der Waals surface area contributed by atoms with Crippen molar-refractivity contribution in [2.75, 3.05) is 62.4 Å². The lowest BCUT2D eigenvalue weighted by molar-refractivity contribution is -0.117. The number of carbonyl (C=O) groups is 6. The Hall–Kier alpha value is -12.6. The average Bonchev–Trinajstić information content (AvgIpc) is 1.63. The van der Waals surface area contributed by atoms with E-state index in [-0.39, 0.29) is 65.4 Å². The first-order chi connectivity index (χ1) is 60.0. The van der Waals surface area contributed by atoms with Crippen LogP contribution in [0.1, 0.15) is 234 Å². The van der Waals surface area contributed by atoms with Crippen LogP contribution in [0.3, 0.4) is 0 Å². The van der Waals surface area contributed by atoms with Gasteiger partial charge in [0.15, 0.2) is 22.6 Å². The van der Waals surface area contributed by atoms with Crippen LogP contribution < -0.4 is 15.1 Å². The van der Waals surface area contributed by atoms with Crippen LogP contribution in [0.4, 0.5) is 21.5 Å². The van der Waals surface area contributed by atoms with E-state index in [0.29, 0.717) is 70.2 Å². The van der Waals surface area contributed by atoms with E-state index in [1.165, 1.54) is 44.6 Å². The number of aromatic nitrogens is 13. The van der Waals surface area contributed by atoms with Crippen molar-refractivity contribution in [2.45, 2.75) is 221 Å². The first-order valence-electron chi connectivity index (χ1n) is 44.7. The molecule has 0 spiro atoms. The van der Waals surface area contributed by atoms with Crippen molar-refractivity contribution in [1.29, 1.82) is 0 Å². The number of nitrogens with zero attached hydrogens (tertiary/aromatic N) is 18. The lowest BCUT2D eigenvalue weighted by Crippen LogP contribution is -2.38. The lowest BCUT2D eigenvalue weighted by Gasteiger charge is -2.27. The van der Waals surface area contributed by atoms with Crippen LogP contribution in [0.15, 0.2) is 134 Å². The van der Waals surface area contributed by atoms with Gasteiger partial charge in [-0.3, -0.25) is 28.8 Å². The zero-order chi connectivity index (χ0) is 86.7. The van der Waals surface area contributed by atoms with E-state index in [2.05, 4.69) is 93.1 Å². The summed E-state index contributed by atoms with van der Waals surface area (Å²) in [4.78, 5) is 110. The first-order valence-corrected chi connectivity index (χ1v) is 44.7. The zero-order valence-corrected chi connectivity index (χ0v) is 73.3. The number of rotatable bonds is 13. The Bertz CT molecular complexity index is 6210. The van der Waals surface area contributed by atoms with Gasteiger partial charge in [-0.15, -0.1) is 0 Å². The fourth-order valence-corrected chi connectivity index (χ4v) is 18.3. The fraction of sp³-hybridized carbons (Fsp3) is 0.423. The summed E-state index contributed by atoms with van der Waals surface area (Å²) in [5.41, 5.74) is 20.4. The Morgan fingerprint density at radius 1 is 0.427 bits per heavy atom. The molecule has 0 radical (unpaired) electrons. The molecule has 4 atom stereocenters.